The van der Waals surface area contributed by atoms with Gasteiger partial charge in [-0.05, 0) is 55.3 Å². The van der Waals surface area contributed by atoms with Gasteiger partial charge < -0.3 is 15.5 Å². The Morgan fingerprint density at radius 3 is 2.80 bits per heavy atom. The number of fused-ring (bicyclic) bond motifs is 2. The van der Waals surface area contributed by atoms with Crippen molar-refractivity contribution in [3.8, 4) is 6.07 Å². The van der Waals surface area contributed by atoms with Gasteiger partial charge in [-0.25, -0.2) is 0 Å². The van der Waals surface area contributed by atoms with E-state index in [1.807, 2.05) is 6.07 Å². The molecule has 1 spiro atoms. The average molecular weight is 409 g/mol. The van der Waals surface area contributed by atoms with Crippen LogP contribution in [0.15, 0.2) is 18.2 Å². The van der Waals surface area contributed by atoms with Gasteiger partial charge in [0.15, 0.2) is 0 Å². The molecule has 1 aromatic rings. The second-order valence-electron chi connectivity index (χ2n) is 9.53. The molecule has 1 saturated heterocycles. The molecule has 0 saturated carbocycles. The van der Waals surface area contributed by atoms with Crippen LogP contribution in [0.1, 0.15) is 63.5 Å². The molecule has 0 aliphatic carbocycles. The quantitative estimate of drug-likeness (QED) is 0.787. The maximum absolute atomic E-state index is 13.5. The van der Waals surface area contributed by atoms with Crippen molar-refractivity contribution in [2.24, 2.45) is 5.92 Å². The number of anilines is 1. The fourth-order valence-electron chi connectivity index (χ4n) is 5.26. The number of nitrogens with zero attached hydrogens (tertiary/aromatic N) is 2. The molecule has 0 radical (unpaired) electrons. The van der Waals surface area contributed by atoms with Crippen LogP contribution in [-0.2, 0) is 21.4 Å². The van der Waals surface area contributed by atoms with Crippen LogP contribution in [0.4, 0.5) is 5.69 Å². The number of amides is 2. The standard InChI is InChI=1S/C24H32N4O2/c1-16(2)11-21-22(29)28-15-24(13-18(28)14-25)19-12-17(7-5-3-4-6-10-26-21)8-9-20(19)27-23(24)30/h8-9,12,16,18,21,26H,3-7,10-11,13,15H2,1-2H3,(H,27,30)/t18-,21-,24-/m0/s1. The minimum Gasteiger partial charge on any atom is -0.325 e. The van der Waals surface area contributed by atoms with Crippen molar-refractivity contribution in [2.75, 3.05) is 18.4 Å². The summed E-state index contributed by atoms with van der Waals surface area (Å²) >= 11 is 0. The Morgan fingerprint density at radius 2 is 2.03 bits per heavy atom. The molecule has 6 heteroatoms. The summed E-state index contributed by atoms with van der Waals surface area (Å²) in [6.45, 7) is 5.31. The lowest BCUT2D eigenvalue weighted by molar-refractivity contribution is -0.134. The number of benzene rings is 1. The van der Waals surface area contributed by atoms with Gasteiger partial charge in [-0.1, -0.05) is 38.8 Å². The van der Waals surface area contributed by atoms with Gasteiger partial charge >= 0.3 is 0 Å². The van der Waals surface area contributed by atoms with Crippen molar-refractivity contribution in [3.05, 3.63) is 29.3 Å². The van der Waals surface area contributed by atoms with Crippen LogP contribution in [0.5, 0.6) is 0 Å². The summed E-state index contributed by atoms with van der Waals surface area (Å²) in [6.07, 6.45) is 6.54. The highest BCUT2D eigenvalue weighted by molar-refractivity contribution is 6.07. The summed E-state index contributed by atoms with van der Waals surface area (Å²) in [5.74, 6) is 0.242. The Balaban J connectivity index is 1.73. The van der Waals surface area contributed by atoms with E-state index in [-0.39, 0.29) is 24.4 Å². The Labute approximate surface area is 179 Å². The first-order valence-electron chi connectivity index (χ1n) is 11.3. The van der Waals surface area contributed by atoms with E-state index in [1.54, 1.807) is 4.90 Å². The lowest BCUT2D eigenvalue weighted by Gasteiger charge is -2.28. The predicted molar refractivity (Wildman–Crippen MR) is 116 cm³/mol. The van der Waals surface area contributed by atoms with Crippen molar-refractivity contribution >= 4 is 17.5 Å². The van der Waals surface area contributed by atoms with Gasteiger partial charge in [0.25, 0.3) is 0 Å². The Kier molecular flexibility index (Phi) is 5.84. The van der Waals surface area contributed by atoms with Crippen LogP contribution in [-0.4, -0.2) is 41.9 Å². The highest BCUT2D eigenvalue weighted by Crippen LogP contribution is 2.47. The minimum atomic E-state index is -0.816. The minimum absolute atomic E-state index is 0.0422. The zero-order valence-corrected chi connectivity index (χ0v) is 18.0. The largest absolute Gasteiger partial charge is 0.325 e. The van der Waals surface area contributed by atoms with Gasteiger partial charge in [0.2, 0.25) is 11.8 Å². The molecule has 3 heterocycles. The Bertz CT molecular complexity index is 874. The maximum atomic E-state index is 13.5. The lowest BCUT2D eigenvalue weighted by Crippen LogP contribution is -2.50. The maximum Gasteiger partial charge on any atom is 0.240 e. The van der Waals surface area contributed by atoms with E-state index in [4.69, 9.17) is 0 Å². The molecule has 3 aliphatic rings. The van der Waals surface area contributed by atoms with E-state index in [9.17, 15) is 14.9 Å². The average Bonchev–Trinajstić information content (AvgIpc) is 3.24. The van der Waals surface area contributed by atoms with Gasteiger partial charge in [-0.3, -0.25) is 9.59 Å². The van der Waals surface area contributed by atoms with Crippen molar-refractivity contribution < 1.29 is 9.59 Å². The van der Waals surface area contributed by atoms with Crippen molar-refractivity contribution in [1.29, 1.82) is 5.26 Å². The molecule has 0 aromatic heterocycles. The van der Waals surface area contributed by atoms with E-state index in [1.165, 1.54) is 5.56 Å². The third-order valence-electron chi connectivity index (χ3n) is 6.86. The molecule has 0 unspecified atom stereocenters. The van der Waals surface area contributed by atoms with Crippen LogP contribution in [0.2, 0.25) is 0 Å². The smallest absolute Gasteiger partial charge is 0.240 e. The monoisotopic (exact) mass is 408 g/mol. The molecular weight excluding hydrogens is 376 g/mol. The van der Waals surface area contributed by atoms with Gasteiger partial charge in [0, 0.05) is 18.7 Å². The normalized spacial score (nSPS) is 29.3. The van der Waals surface area contributed by atoms with Crippen molar-refractivity contribution in [3.63, 3.8) is 0 Å². The molecule has 4 bridgehead atoms. The van der Waals surface area contributed by atoms with Gasteiger partial charge in [0.1, 0.15) is 6.04 Å². The second kappa shape index (κ2) is 8.39. The Hall–Kier alpha value is -2.39. The summed E-state index contributed by atoms with van der Waals surface area (Å²) in [5, 5.41) is 16.3. The summed E-state index contributed by atoms with van der Waals surface area (Å²) < 4.78 is 0. The topological polar surface area (TPSA) is 85.2 Å². The number of nitriles is 1. The molecule has 1 aromatic carbocycles. The molecule has 6 nitrogen and oxygen atoms in total. The van der Waals surface area contributed by atoms with E-state index in [0.29, 0.717) is 12.3 Å². The molecular formula is C24H32N4O2. The number of rotatable bonds is 2. The molecule has 160 valence electrons. The van der Waals surface area contributed by atoms with Crippen molar-refractivity contribution in [1.82, 2.24) is 10.2 Å². The third-order valence-corrected chi connectivity index (χ3v) is 6.86. The zero-order valence-electron chi connectivity index (χ0n) is 18.0. The predicted octanol–water partition coefficient (Wildman–Crippen LogP) is 3.12. The van der Waals surface area contributed by atoms with Crippen LogP contribution < -0.4 is 10.6 Å². The second-order valence-corrected chi connectivity index (χ2v) is 9.53. The first-order valence-corrected chi connectivity index (χ1v) is 11.3. The first-order chi connectivity index (χ1) is 14.4. The van der Waals surface area contributed by atoms with Crippen LogP contribution in [0, 0.1) is 17.2 Å². The van der Waals surface area contributed by atoms with Crippen molar-refractivity contribution in [2.45, 2.75) is 76.3 Å². The van der Waals surface area contributed by atoms with Gasteiger partial charge in [-0.2, -0.15) is 5.26 Å². The van der Waals surface area contributed by atoms with E-state index >= 15 is 0 Å². The number of carbonyl (C=O) groups excluding carboxylic acids is 2. The summed E-state index contributed by atoms with van der Waals surface area (Å²) in [5.41, 5.74) is 2.21. The lowest BCUT2D eigenvalue weighted by atomic mass is 9.79. The molecule has 30 heavy (non-hydrogen) atoms. The number of aryl methyl sites for hydroxylation is 1. The highest BCUT2D eigenvalue weighted by Gasteiger charge is 2.56. The van der Waals surface area contributed by atoms with Crippen LogP contribution >= 0.6 is 0 Å². The molecule has 3 atom stereocenters. The molecule has 2 N–H and O–H groups in total. The fourth-order valence-corrected chi connectivity index (χ4v) is 5.26. The van der Waals surface area contributed by atoms with Crippen LogP contribution in [0.3, 0.4) is 0 Å². The Morgan fingerprint density at radius 1 is 1.23 bits per heavy atom. The number of nitrogens with one attached hydrogen (secondary N) is 2. The van der Waals surface area contributed by atoms with Gasteiger partial charge in [0.05, 0.1) is 17.5 Å². The van der Waals surface area contributed by atoms with Crippen LogP contribution in [0.25, 0.3) is 0 Å². The number of carbonyl (C=O) groups is 2. The van der Waals surface area contributed by atoms with E-state index in [0.717, 1.165) is 56.3 Å². The summed E-state index contributed by atoms with van der Waals surface area (Å²) in [6, 6.07) is 7.64. The third kappa shape index (κ3) is 3.72. The van der Waals surface area contributed by atoms with E-state index < -0.39 is 11.5 Å². The summed E-state index contributed by atoms with van der Waals surface area (Å²) in [4.78, 5) is 28.3. The zero-order chi connectivity index (χ0) is 21.3. The highest BCUT2D eigenvalue weighted by atomic mass is 16.2. The number of hydrogen-bond acceptors (Lipinski definition) is 4. The van der Waals surface area contributed by atoms with Gasteiger partial charge in [-0.15, -0.1) is 0 Å². The molecule has 1 fully saturated rings. The molecule has 3 aliphatic heterocycles. The first kappa shape index (κ1) is 20.9. The molecule has 4 rings (SSSR count). The summed E-state index contributed by atoms with van der Waals surface area (Å²) in [7, 11) is 0. The number of hydrogen-bond donors (Lipinski definition) is 2. The SMILES string of the molecule is CC(C)C[C@@H]1NCCCCCCc2ccc3c(c2)[C@@]2(C[C@@H](C#N)N(C2)C1=O)C(=O)N3. The van der Waals surface area contributed by atoms with E-state index in [2.05, 4.69) is 42.7 Å². The fraction of sp³-hybridized carbons (Fsp3) is 0.625. The molecule has 2 amide bonds.